The Morgan fingerprint density at radius 3 is 1.45 bits per heavy atom. The minimum Gasteiger partial charge on any atom is -0.287 e. The van der Waals surface area contributed by atoms with Crippen molar-refractivity contribution in [1.82, 2.24) is 0 Å². The molecule has 0 N–H and O–H groups in total. The fourth-order valence-corrected chi connectivity index (χ4v) is 1.27. The lowest BCUT2D eigenvalue weighted by Gasteiger charge is -1.94. The largest absolute Gasteiger partial charge is 0.287 e. The first-order valence-electron chi connectivity index (χ1n) is 3.49. The van der Waals surface area contributed by atoms with Crippen LogP contribution >= 0.6 is 31.9 Å². The molecule has 0 saturated heterocycles. The molecule has 0 heterocycles. The Morgan fingerprint density at radius 2 is 1.18 bits per heavy atom. The molecule has 0 unspecified atom stereocenters. The van der Waals surface area contributed by atoms with Gasteiger partial charge >= 0.3 is 0 Å². The Morgan fingerprint density at radius 1 is 0.818 bits per heavy atom. The minimum atomic E-state index is 0.0441. The van der Waals surface area contributed by atoms with E-state index >= 15 is 0 Å². The lowest BCUT2D eigenvalue weighted by molar-refractivity contribution is -0.110. The van der Waals surface area contributed by atoms with E-state index in [0.717, 1.165) is 19.3 Å². The molecule has 0 aromatic rings. The van der Waals surface area contributed by atoms with Gasteiger partial charge in [-0.3, -0.25) is 9.59 Å². The van der Waals surface area contributed by atoms with Crippen molar-refractivity contribution >= 4 is 41.2 Å². The Kier molecular flexibility index (Phi) is 7.17. The normalized spacial score (nSPS) is 9.64. The Bertz CT molecular complexity index is 129. The van der Waals surface area contributed by atoms with Crippen molar-refractivity contribution < 1.29 is 9.59 Å². The van der Waals surface area contributed by atoms with Gasteiger partial charge in [-0.05, 0) is 44.7 Å². The van der Waals surface area contributed by atoms with Crippen molar-refractivity contribution in [2.45, 2.75) is 32.1 Å². The first-order chi connectivity index (χ1) is 5.13. The predicted molar refractivity (Wildman–Crippen MR) is 51.0 cm³/mol. The monoisotopic (exact) mass is 284 g/mol. The summed E-state index contributed by atoms with van der Waals surface area (Å²) in [5, 5.41) is 0. The molecule has 0 rings (SSSR count). The quantitative estimate of drug-likeness (QED) is 0.555. The van der Waals surface area contributed by atoms with Crippen LogP contribution in [0.4, 0.5) is 0 Å². The molecule has 0 aliphatic carbocycles. The minimum absolute atomic E-state index is 0.0441. The van der Waals surface area contributed by atoms with E-state index in [4.69, 9.17) is 0 Å². The number of rotatable bonds is 6. The fraction of sp³-hybridized carbons (Fsp3) is 0.714. The lowest BCUT2D eigenvalue weighted by Crippen LogP contribution is -1.88. The van der Waals surface area contributed by atoms with Crippen LogP contribution in [0.25, 0.3) is 0 Å². The summed E-state index contributed by atoms with van der Waals surface area (Å²) in [5.41, 5.74) is 0. The molecule has 0 fully saturated rings. The second-order valence-electron chi connectivity index (χ2n) is 2.27. The molecule has 11 heavy (non-hydrogen) atoms. The standard InChI is InChI=1S/C7H10Br2O2/c8-6(10)4-2-1-3-5-7(9)11/h1-5H2. The van der Waals surface area contributed by atoms with Crippen molar-refractivity contribution in [3.63, 3.8) is 0 Å². The van der Waals surface area contributed by atoms with Gasteiger partial charge in [0.1, 0.15) is 0 Å². The van der Waals surface area contributed by atoms with E-state index in [0.29, 0.717) is 12.8 Å². The van der Waals surface area contributed by atoms with E-state index in [2.05, 4.69) is 31.9 Å². The van der Waals surface area contributed by atoms with Gasteiger partial charge < -0.3 is 0 Å². The smallest absolute Gasteiger partial charge is 0.197 e. The highest BCUT2D eigenvalue weighted by molar-refractivity contribution is 9.18. The maximum atomic E-state index is 10.4. The summed E-state index contributed by atoms with van der Waals surface area (Å²) >= 11 is 5.68. The third-order valence-electron chi connectivity index (χ3n) is 1.25. The lowest BCUT2D eigenvalue weighted by atomic mass is 10.2. The molecule has 0 saturated carbocycles. The maximum absolute atomic E-state index is 10.4. The molecule has 0 spiro atoms. The second kappa shape index (κ2) is 6.98. The van der Waals surface area contributed by atoms with Crippen molar-refractivity contribution in [2.24, 2.45) is 0 Å². The van der Waals surface area contributed by atoms with Gasteiger partial charge in [-0.2, -0.15) is 0 Å². The molecule has 0 aromatic heterocycles. The van der Waals surface area contributed by atoms with Gasteiger partial charge in [0.05, 0.1) is 0 Å². The van der Waals surface area contributed by atoms with Crippen molar-refractivity contribution in [3.8, 4) is 0 Å². The van der Waals surface area contributed by atoms with Gasteiger partial charge in [-0.1, -0.05) is 6.42 Å². The molecular weight excluding hydrogens is 276 g/mol. The zero-order valence-corrected chi connectivity index (χ0v) is 9.28. The van der Waals surface area contributed by atoms with E-state index in [1.54, 1.807) is 0 Å². The van der Waals surface area contributed by atoms with Gasteiger partial charge in [-0.25, -0.2) is 0 Å². The fourth-order valence-electron chi connectivity index (χ4n) is 0.705. The first kappa shape index (κ1) is 11.3. The van der Waals surface area contributed by atoms with Gasteiger partial charge in [0.15, 0.2) is 9.39 Å². The first-order valence-corrected chi connectivity index (χ1v) is 5.08. The van der Waals surface area contributed by atoms with Crippen LogP contribution in [0.3, 0.4) is 0 Å². The third kappa shape index (κ3) is 10.3. The summed E-state index contributed by atoms with van der Waals surface area (Å²) < 4.78 is 0.0883. The number of carbonyl (C=O) groups is 2. The summed E-state index contributed by atoms with van der Waals surface area (Å²) in [6, 6.07) is 0. The van der Waals surface area contributed by atoms with Crippen LogP contribution in [0.2, 0.25) is 0 Å². The highest BCUT2D eigenvalue weighted by atomic mass is 79.9. The molecule has 0 aliphatic heterocycles. The van der Waals surface area contributed by atoms with E-state index in [-0.39, 0.29) is 9.39 Å². The zero-order valence-electron chi connectivity index (χ0n) is 6.11. The van der Waals surface area contributed by atoms with E-state index in [1.165, 1.54) is 0 Å². The SMILES string of the molecule is O=C(Br)CCCCCC(=O)Br. The summed E-state index contributed by atoms with van der Waals surface area (Å²) in [4.78, 5) is 20.8. The Balaban J connectivity index is 3.03. The number of halogens is 2. The van der Waals surface area contributed by atoms with E-state index in [9.17, 15) is 9.59 Å². The molecule has 2 nitrogen and oxygen atoms in total. The van der Waals surface area contributed by atoms with Gasteiger partial charge in [0.25, 0.3) is 0 Å². The average Bonchev–Trinajstić information content (AvgIpc) is 1.85. The topological polar surface area (TPSA) is 34.1 Å². The maximum Gasteiger partial charge on any atom is 0.197 e. The molecule has 0 bridgehead atoms. The summed E-state index contributed by atoms with van der Waals surface area (Å²) in [7, 11) is 0. The van der Waals surface area contributed by atoms with E-state index in [1.807, 2.05) is 0 Å². The highest BCUT2D eigenvalue weighted by Gasteiger charge is 1.97. The molecule has 0 atom stereocenters. The molecule has 0 aromatic carbocycles. The molecule has 4 heteroatoms. The van der Waals surface area contributed by atoms with E-state index < -0.39 is 0 Å². The summed E-state index contributed by atoms with van der Waals surface area (Å²) in [5.74, 6) is 0. The number of hydrogen-bond donors (Lipinski definition) is 0. The van der Waals surface area contributed by atoms with Gasteiger partial charge in [0.2, 0.25) is 0 Å². The third-order valence-corrected chi connectivity index (χ3v) is 2.04. The number of carbonyl (C=O) groups excluding carboxylic acids is 2. The van der Waals surface area contributed by atoms with Gasteiger partial charge in [-0.15, -0.1) is 0 Å². The van der Waals surface area contributed by atoms with Crippen LogP contribution in [-0.4, -0.2) is 9.39 Å². The van der Waals surface area contributed by atoms with Gasteiger partial charge in [0, 0.05) is 12.8 Å². The molecular formula is C7H10Br2O2. The summed E-state index contributed by atoms with van der Waals surface area (Å²) in [6.45, 7) is 0. The van der Waals surface area contributed by atoms with Crippen LogP contribution in [0, 0.1) is 0 Å². The molecule has 0 aliphatic rings. The second-order valence-corrected chi connectivity index (χ2v) is 4.04. The Labute approximate surface area is 83.0 Å². The molecule has 0 radical (unpaired) electrons. The van der Waals surface area contributed by atoms with Crippen LogP contribution in [0.5, 0.6) is 0 Å². The van der Waals surface area contributed by atoms with Crippen LogP contribution in [0.15, 0.2) is 0 Å². The van der Waals surface area contributed by atoms with Crippen molar-refractivity contribution in [1.29, 1.82) is 0 Å². The van der Waals surface area contributed by atoms with Crippen LogP contribution in [0.1, 0.15) is 32.1 Å². The van der Waals surface area contributed by atoms with Crippen molar-refractivity contribution in [2.75, 3.05) is 0 Å². The predicted octanol–water partition coefficient (Wildman–Crippen LogP) is 2.78. The zero-order chi connectivity index (χ0) is 8.69. The molecule has 64 valence electrons. The number of hydrogen-bond acceptors (Lipinski definition) is 2. The summed E-state index contributed by atoms with van der Waals surface area (Å²) in [6.07, 6.45) is 3.80. The average molecular weight is 286 g/mol. The molecule has 0 amide bonds. The highest BCUT2D eigenvalue weighted by Crippen LogP contribution is 2.07. The van der Waals surface area contributed by atoms with Crippen molar-refractivity contribution in [3.05, 3.63) is 0 Å². The van der Waals surface area contributed by atoms with Crippen LogP contribution in [-0.2, 0) is 9.59 Å². The Hall–Kier alpha value is 0.300. The number of unbranched alkanes of at least 4 members (excludes halogenated alkanes) is 2. The van der Waals surface area contributed by atoms with Crippen LogP contribution < -0.4 is 0 Å².